The van der Waals surface area contributed by atoms with Crippen LogP contribution in [0.2, 0.25) is 0 Å². The minimum atomic E-state index is -0.713. The van der Waals surface area contributed by atoms with Gasteiger partial charge in [-0.05, 0) is 87.6 Å². The van der Waals surface area contributed by atoms with Crippen LogP contribution in [0, 0.1) is 0 Å². The summed E-state index contributed by atoms with van der Waals surface area (Å²) in [6.07, 6.45) is 1.79. The van der Waals surface area contributed by atoms with Crippen molar-refractivity contribution < 1.29 is 23.7 Å². The minimum absolute atomic E-state index is 0.202. The lowest BCUT2D eigenvalue weighted by Crippen LogP contribution is -2.39. The molecule has 1 aliphatic heterocycles. The molecule has 1 unspecified atom stereocenters. The minimum Gasteiger partial charge on any atom is -0.497 e. The highest BCUT2D eigenvalue weighted by Gasteiger charge is 2.33. The van der Waals surface area contributed by atoms with Gasteiger partial charge in [0.2, 0.25) is 0 Å². The van der Waals surface area contributed by atoms with E-state index < -0.39 is 12.0 Å². The van der Waals surface area contributed by atoms with Crippen molar-refractivity contribution in [3.05, 3.63) is 131 Å². The number of halogens is 1. The molecule has 46 heavy (non-hydrogen) atoms. The molecule has 1 aliphatic rings. The van der Waals surface area contributed by atoms with Gasteiger partial charge < -0.3 is 18.9 Å². The lowest BCUT2D eigenvalue weighted by Gasteiger charge is -2.24. The fourth-order valence-electron chi connectivity index (χ4n) is 5.58. The second kappa shape index (κ2) is 13.4. The van der Waals surface area contributed by atoms with Gasteiger partial charge in [-0.2, -0.15) is 0 Å². The molecule has 10 heteroatoms. The number of methoxy groups -OCH3 is 2. The highest BCUT2D eigenvalue weighted by atomic mass is 79.9. The molecule has 6 rings (SSSR count). The summed E-state index contributed by atoms with van der Waals surface area (Å²) in [5.41, 5.74) is 3.08. The van der Waals surface area contributed by atoms with E-state index in [1.54, 1.807) is 50.8 Å². The highest BCUT2D eigenvalue weighted by molar-refractivity contribution is 9.10. The van der Waals surface area contributed by atoms with E-state index in [4.69, 9.17) is 18.9 Å². The van der Waals surface area contributed by atoms with Gasteiger partial charge in [0.15, 0.2) is 16.3 Å². The number of esters is 1. The standard InChI is InChI=1S/C36H31BrN2O6S/c1-5-44-35(41)31-21(2)38-36-39(32(31)24-13-15-26(42-3)16-14-24)34(40)30(46-36)19-22-17-28(37)33(29(18-22)43-4)45-20-25-11-8-10-23-9-6-7-12-27(23)25/h6-19,32H,5,20H2,1-4H3/b30-19-. The summed E-state index contributed by atoms with van der Waals surface area (Å²) in [4.78, 5) is 32.4. The molecule has 234 valence electrons. The number of benzene rings is 4. The van der Waals surface area contributed by atoms with Crippen LogP contribution in [0.25, 0.3) is 16.8 Å². The molecular weight excluding hydrogens is 668 g/mol. The molecule has 5 aromatic rings. The molecule has 4 aromatic carbocycles. The van der Waals surface area contributed by atoms with Crippen molar-refractivity contribution in [2.45, 2.75) is 26.5 Å². The molecule has 0 fully saturated rings. The van der Waals surface area contributed by atoms with Gasteiger partial charge in [-0.15, -0.1) is 0 Å². The third-order valence-electron chi connectivity index (χ3n) is 7.75. The summed E-state index contributed by atoms with van der Waals surface area (Å²) in [5, 5.41) is 2.27. The van der Waals surface area contributed by atoms with Gasteiger partial charge in [-0.3, -0.25) is 9.36 Å². The Morgan fingerprint density at radius 3 is 2.52 bits per heavy atom. The maximum atomic E-state index is 14.0. The van der Waals surface area contributed by atoms with E-state index in [0.717, 1.165) is 27.5 Å². The van der Waals surface area contributed by atoms with Gasteiger partial charge in [0.1, 0.15) is 12.4 Å². The largest absolute Gasteiger partial charge is 0.497 e. The van der Waals surface area contributed by atoms with Crippen LogP contribution in [0.1, 0.15) is 36.6 Å². The maximum absolute atomic E-state index is 14.0. The Labute approximate surface area is 278 Å². The topological polar surface area (TPSA) is 88.4 Å². The van der Waals surface area contributed by atoms with E-state index in [0.29, 0.717) is 48.9 Å². The highest BCUT2D eigenvalue weighted by Crippen LogP contribution is 2.38. The predicted octanol–water partition coefficient (Wildman–Crippen LogP) is 6.31. The first-order valence-corrected chi connectivity index (χ1v) is 16.2. The number of aromatic nitrogens is 1. The summed E-state index contributed by atoms with van der Waals surface area (Å²) in [6.45, 7) is 4.06. The van der Waals surface area contributed by atoms with Crippen LogP contribution in [-0.4, -0.2) is 31.4 Å². The summed E-state index contributed by atoms with van der Waals surface area (Å²) in [7, 11) is 3.17. The number of carbonyl (C=O) groups excluding carboxylic acids is 1. The summed E-state index contributed by atoms with van der Waals surface area (Å²) in [6, 6.07) is 24.6. The van der Waals surface area contributed by atoms with E-state index in [9.17, 15) is 9.59 Å². The Kier molecular flexibility index (Phi) is 9.10. The van der Waals surface area contributed by atoms with Crippen LogP contribution in [0.15, 0.2) is 104 Å². The first-order valence-electron chi connectivity index (χ1n) is 14.6. The molecule has 0 bridgehead atoms. The Bertz CT molecular complexity index is 2160. The van der Waals surface area contributed by atoms with Crippen molar-refractivity contribution in [1.29, 1.82) is 0 Å². The zero-order valence-corrected chi connectivity index (χ0v) is 28.1. The third-order valence-corrected chi connectivity index (χ3v) is 9.32. The second-order valence-electron chi connectivity index (χ2n) is 10.5. The molecule has 0 aliphatic carbocycles. The SMILES string of the molecule is CCOC(=O)C1=C(C)N=c2s/c(=C\c3cc(Br)c(OCc4cccc5ccccc45)c(OC)c3)c(=O)n2C1c1ccc(OC)cc1. The summed E-state index contributed by atoms with van der Waals surface area (Å²) in [5.74, 6) is 1.23. The van der Waals surface area contributed by atoms with E-state index in [1.165, 1.54) is 11.3 Å². The average Bonchev–Trinajstić information content (AvgIpc) is 3.36. The first-order chi connectivity index (χ1) is 22.3. The molecule has 0 saturated carbocycles. The lowest BCUT2D eigenvalue weighted by molar-refractivity contribution is -0.139. The second-order valence-corrected chi connectivity index (χ2v) is 12.4. The molecule has 0 amide bonds. The average molecular weight is 700 g/mol. The number of hydrogen-bond donors (Lipinski definition) is 0. The van der Waals surface area contributed by atoms with Crippen molar-refractivity contribution in [3.63, 3.8) is 0 Å². The maximum Gasteiger partial charge on any atom is 0.338 e. The number of ether oxygens (including phenoxy) is 4. The molecule has 2 heterocycles. The fourth-order valence-corrected chi connectivity index (χ4v) is 7.20. The normalized spacial score (nSPS) is 14.5. The van der Waals surface area contributed by atoms with E-state index in [1.807, 2.05) is 48.5 Å². The van der Waals surface area contributed by atoms with Crippen LogP contribution in [0.5, 0.6) is 17.2 Å². The smallest absolute Gasteiger partial charge is 0.338 e. The van der Waals surface area contributed by atoms with Crippen LogP contribution < -0.4 is 29.1 Å². The van der Waals surface area contributed by atoms with Crippen molar-refractivity contribution in [1.82, 2.24) is 4.57 Å². The third kappa shape index (κ3) is 5.98. The number of fused-ring (bicyclic) bond motifs is 2. The predicted molar refractivity (Wildman–Crippen MR) is 182 cm³/mol. The molecule has 0 N–H and O–H groups in total. The monoisotopic (exact) mass is 698 g/mol. The number of carbonyl (C=O) groups is 1. The molecule has 0 spiro atoms. The molecule has 0 radical (unpaired) electrons. The van der Waals surface area contributed by atoms with Gasteiger partial charge in [0.05, 0.1) is 47.1 Å². The number of allylic oxidation sites excluding steroid dienone is 1. The van der Waals surface area contributed by atoms with Crippen molar-refractivity contribution in [2.75, 3.05) is 20.8 Å². The number of rotatable bonds is 9. The van der Waals surface area contributed by atoms with Crippen molar-refractivity contribution >= 4 is 50.1 Å². The molecule has 0 saturated heterocycles. The Hall–Kier alpha value is -4.67. The lowest BCUT2D eigenvalue weighted by atomic mass is 9.96. The van der Waals surface area contributed by atoms with Crippen LogP contribution >= 0.6 is 27.3 Å². The summed E-state index contributed by atoms with van der Waals surface area (Å²) < 4.78 is 25.4. The quantitative estimate of drug-likeness (QED) is 0.168. The number of nitrogens with zero attached hydrogens (tertiary/aromatic N) is 2. The zero-order valence-electron chi connectivity index (χ0n) is 25.7. The van der Waals surface area contributed by atoms with Gasteiger partial charge in [0.25, 0.3) is 5.56 Å². The van der Waals surface area contributed by atoms with Crippen LogP contribution in [0.3, 0.4) is 0 Å². The Morgan fingerprint density at radius 1 is 1.02 bits per heavy atom. The van der Waals surface area contributed by atoms with Crippen LogP contribution in [0.4, 0.5) is 0 Å². The molecular formula is C36H31BrN2O6S. The van der Waals surface area contributed by atoms with E-state index in [-0.39, 0.29) is 12.2 Å². The summed E-state index contributed by atoms with van der Waals surface area (Å²) >= 11 is 4.91. The van der Waals surface area contributed by atoms with Crippen LogP contribution in [-0.2, 0) is 16.1 Å². The van der Waals surface area contributed by atoms with Gasteiger partial charge >= 0.3 is 5.97 Å². The van der Waals surface area contributed by atoms with Gasteiger partial charge in [0, 0.05) is 0 Å². The van der Waals surface area contributed by atoms with Crippen molar-refractivity contribution in [3.8, 4) is 17.2 Å². The first kappa shape index (κ1) is 31.3. The molecule has 1 aromatic heterocycles. The molecule has 1 atom stereocenters. The zero-order chi connectivity index (χ0) is 32.4. The van der Waals surface area contributed by atoms with Gasteiger partial charge in [-0.1, -0.05) is 65.9 Å². The molecule has 8 nitrogen and oxygen atoms in total. The number of thiazole rings is 1. The Balaban J connectivity index is 1.39. The van der Waals surface area contributed by atoms with Gasteiger partial charge in [-0.25, -0.2) is 9.79 Å². The van der Waals surface area contributed by atoms with Crippen molar-refractivity contribution in [2.24, 2.45) is 4.99 Å². The van der Waals surface area contributed by atoms with E-state index >= 15 is 0 Å². The Morgan fingerprint density at radius 2 is 1.78 bits per heavy atom. The number of hydrogen-bond acceptors (Lipinski definition) is 8. The van der Waals surface area contributed by atoms with E-state index in [2.05, 4.69) is 39.1 Å². The fraction of sp³-hybridized carbons (Fsp3) is 0.194.